The minimum absolute atomic E-state index is 0.0834. The quantitative estimate of drug-likeness (QED) is 0.671. The third-order valence-corrected chi connectivity index (χ3v) is 2.77. The zero-order chi connectivity index (χ0) is 15.4. The van der Waals surface area contributed by atoms with Gasteiger partial charge in [-0.05, 0) is 37.3 Å². The number of carbonyl (C=O) groups is 2. The topological polar surface area (TPSA) is 75.6 Å². The largest absolute Gasteiger partial charge is 0.508 e. The van der Waals surface area contributed by atoms with Crippen molar-refractivity contribution in [3.05, 3.63) is 53.6 Å². The lowest BCUT2D eigenvalue weighted by molar-refractivity contribution is -0.131. The lowest BCUT2D eigenvalue weighted by atomic mass is 10.1. The number of amides is 1. The number of hydrogen-bond donors (Lipinski definition) is 2. The maximum absolute atomic E-state index is 12.2. The third kappa shape index (κ3) is 3.82. The van der Waals surface area contributed by atoms with Gasteiger partial charge in [0, 0.05) is 12.6 Å². The van der Waals surface area contributed by atoms with Crippen molar-refractivity contribution in [3.63, 3.8) is 0 Å². The van der Waals surface area contributed by atoms with E-state index in [0.29, 0.717) is 5.69 Å². The second kappa shape index (κ2) is 6.09. The summed E-state index contributed by atoms with van der Waals surface area (Å²) in [5.41, 5.74) is 1.78. The van der Waals surface area contributed by atoms with Crippen molar-refractivity contribution >= 4 is 17.6 Å². The summed E-state index contributed by atoms with van der Waals surface area (Å²) in [6, 6.07) is 11.2. The second-order valence-corrected chi connectivity index (χ2v) is 4.59. The number of benzene rings is 2. The van der Waals surface area contributed by atoms with E-state index in [2.05, 4.69) is 5.32 Å². The summed E-state index contributed by atoms with van der Waals surface area (Å²) in [6.07, 6.45) is 0. The van der Waals surface area contributed by atoms with Crippen LogP contribution in [0.3, 0.4) is 0 Å². The molecule has 5 heteroatoms. The minimum atomic E-state index is -0.537. The Hall–Kier alpha value is -2.82. The number of ether oxygens (including phenoxy) is 1. The highest BCUT2D eigenvalue weighted by atomic mass is 16.5. The van der Waals surface area contributed by atoms with E-state index in [4.69, 9.17) is 4.74 Å². The Bertz CT molecular complexity index is 677. The van der Waals surface area contributed by atoms with Gasteiger partial charge in [0.05, 0.1) is 5.56 Å². The van der Waals surface area contributed by atoms with Gasteiger partial charge in [-0.2, -0.15) is 0 Å². The van der Waals surface area contributed by atoms with Gasteiger partial charge < -0.3 is 15.2 Å². The van der Waals surface area contributed by atoms with E-state index in [1.165, 1.54) is 25.1 Å². The van der Waals surface area contributed by atoms with Crippen LogP contribution in [-0.2, 0) is 4.79 Å². The smallest absolute Gasteiger partial charge is 0.308 e. The molecular weight excluding hydrogens is 270 g/mol. The van der Waals surface area contributed by atoms with Gasteiger partial charge in [0.2, 0.25) is 0 Å². The van der Waals surface area contributed by atoms with Gasteiger partial charge in [0.15, 0.2) is 0 Å². The Morgan fingerprint density at radius 3 is 2.38 bits per heavy atom. The summed E-state index contributed by atoms with van der Waals surface area (Å²) < 4.78 is 4.97. The highest BCUT2D eigenvalue weighted by Gasteiger charge is 2.15. The van der Waals surface area contributed by atoms with E-state index in [9.17, 15) is 14.7 Å². The van der Waals surface area contributed by atoms with Crippen molar-refractivity contribution in [2.45, 2.75) is 13.8 Å². The van der Waals surface area contributed by atoms with Crippen molar-refractivity contribution in [1.29, 1.82) is 0 Å². The van der Waals surface area contributed by atoms with Crippen LogP contribution in [0, 0.1) is 6.92 Å². The average molecular weight is 285 g/mol. The number of aryl methyl sites for hydroxylation is 1. The molecule has 5 nitrogen and oxygen atoms in total. The molecule has 0 heterocycles. The molecule has 0 saturated heterocycles. The molecule has 0 saturated carbocycles. The van der Waals surface area contributed by atoms with E-state index in [1.54, 1.807) is 12.1 Å². The maximum Gasteiger partial charge on any atom is 0.308 e. The molecule has 0 radical (unpaired) electrons. The van der Waals surface area contributed by atoms with Crippen LogP contribution in [0.15, 0.2) is 42.5 Å². The van der Waals surface area contributed by atoms with Gasteiger partial charge in [-0.15, -0.1) is 0 Å². The molecule has 0 aromatic heterocycles. The molecule has 2 aromatic carbocycles. The fraction of sp³-hybridized carbons (Fsp3) is 0.125. The number of esters is 1. The molecule has 0 unspecified atom stereocenters. The fourth-order valence-electron chi connectivity index (χ4n) is 1.77. The Morgan fingerprint density at radius 2 is 1.76 bits per heavy atom. The van der Waals surface area contributed by atoms with Gasteiger partial charge in [-0.3, -0.25) is 9.59 Å². The van der Waals surface area contributed by atoms with Crippen LogP contribution in [0.5, 0.6) is 11.5 Å². The van der Waals surface area contributed by atoms with Crippen molar-refractivity contribution in [3.8, 4) is 11.5 Å². The monoisotopic (exact) mass is 285 g/mol. The third-order valence-electron chi connectivity index (χ3n) is 2.77. The number of carbonyl (C=O) groups excluding carboxylic acids is 2. The van der Waals surface area contributed by atoms with E-state index in [-0.39, 0.29) is 17.1 Å². The summed E-state index contributed by atoms with van der Waals surface area (Å²) in [5.74, 6) is -0.985. The zero-order valence-electron chi connectivity index (χ0n) is 11.7. The first-order valence-corrected chi connectivity index (χ1v) is 6.35. The molecule has 0 spiro atoms. The molecule has 1 amide bonds. The highest BCUT2D eigenvalue weighted by molar-refractivity contribution is 6.06. The molecular formula is C16H15NO4. The molecule has 0 aliphatic carbocycles. The Balaban J connectivity index is 2.27. The van der Waals surface area contributed by atoms with Crippen molar-refractivity contribution in [2.24, 2.45) is 0 Å². The molecule has 2 aromatic rings. The summed E-state index contributed by atoms with van der Waals surface area (Å²) in [7, 11) is 0. The van der Waals surface area contributed by atoms with Crippen LogP contribution >= 0.6 is 0 Å². The Labute approximate surface area is 122 Å². The molecule has 0 aliphatic heterocycles. The van der Waals surface area contributed by atoms with E-state index in [1.807, 2.05) is 19.1 Å². The number of anilines is 1. The molecule has 2 N–H and O–H groups in total. The van der Waals surface area contributed by atoms with E-state index >= 15 is 0 Å². The summed E-state index contributed by atoms with van der Waals surface area (Å²) in [5, 5.41) is 12.2. The molecule has 0 fully saturated rings. The second-order valence-electron chi connectivity index (χ2n) is 4.59. The van der Waals surface area contributed by atoms with Crippen molar-refractivity contribution < 1.29 is 19.4 Å². The van der Waals surface area contributed by atoms with Crippen molar-refractivity contribution in [1.82, 2.24) is 0 Å². The summed E-state index contributed by atoms with van der Waals surface area (Å²) >= 11 is 0. The molecule has 21 heavy (non-hydrogen) atoms. The predicted molar refractivity (Wildman–Crippen MR) is 78.5 cm³/mol. The number of aromatic hydroxyl groups is 1. The SMILES string of the molecule is CC(=O)Oc1ccc(O)cc1C(=O)Nc1ccc(C)cc1. The Morgan fingerprint density at radius 1 is 1.10 bits per heavy atom. The number of phenolic OH excluding ortho intramolecular Hbond substituents is 1. The molecule has 2 rings (SSSR count). The predicted octanol–water partition coefficient (Wildman–Crippen LogP) is 2.88. The lowest BCUT2D eigenvalue weighted by Crippen LogP contribution is -2.14. The summed E-state index contributed by atoms with van der Waals surface area (Å²) in [4.78, 5) is 23.3. The zero-order valence-corrected chi connectivity index (χ0v) is 11.7. The maximum atomic E-state index is 12.2. The first-order valence-electron chi connectivity index (χ1n) is 6.35. The van der Waals surface area contributed by atoms with Crippen LogP contribution in [0.25, 0.3) is 0 Å². The normalized spacial score (nSPS) is 10.0. The van der Waals surface area contributed by atoms with Gasteiger partial charge in [0.25, 0.3) is 5.91 Å². The van der Waals surface area contributed by atoms with Crippen LogP contribution in [-0.4, -0.2) is 17.0 Å². The molecule has 0 atom stereocenters. The fourth-order valence-corrected chi connectivity index (χ4v) is 1.77. The van der Waals surface area contributed by atoms with Gasteiger partial charge in [0.1, 0.15) is 11.5 Å². The van der Waals surface area contributed by atoms with Gasteiger partial charge >= 0.3 is 5.97 Å². The number of nitrogens with one attached hydrogen (secondary N) is 1. The van der Waals surface area contributed by atoms with Gasteiger partial charge in [-0.1, -0.05) is 17.7 Å². The summed E-state index contributed by atoms with van der Waals surface area (Å²) in [6.45, 7) is 3.19. The van der Waals surface area contributed by atoms with Crippen LogP contribution < -0.4 is 10.1 Å². The average Bonchev–Trinajstić information content (AvgIpc) is 2.43. The first-order chi connectivity index (χ1) is 9.95. The van der Waals surface area contributed by atoms with Crippen LogP contribution in [0.1, 0.15) is 22.8 Å². The molecule has 0 bridgehead atoms. The van der Waals surface area contributed by atoms with Crippen LogP contribution in [0.2, 0.25) is 0 Å². The molecule has 108 valence electrons. The molecule has 0 aliphatic rings. The van der Waals surface area contributed by atoms with Crippen LogP contribution in [0.4, 0.5) is 5.69 Å². The Kier molecular flexibility index (Phi) is 4.23. The van der Waals surface area contributed by atoms with Gasteiger partial charge in [-0.25, -0.2) is 0 Å². The number of phenols is 1. The number of hydrogen-bond acceptors (Lipinski definition) is 4. The van der Waals surface area contributed by atoms with Crippen molar-refractivity contribution in [2.75, 3.05) is 5.32 Å². The highest BCUT2D eigenvalue weighted by Crippen LogP contribution is 2.25. The lowest BCUT2D eigenvalue weighted by Gasteiger charge is -2.10. The van der Waals surface area contributed by atoms with E-state index < -0.39 is 11.9 Å². The minimum Gasteiger partial charge on any atom is -0.508 e. The standard InChI is InChI=1S/C16H15NO4/c1-10-3-5-12(6-4-10)17-16(20)14-9-13(19)7-8-15(14)21-11(2)18/h3-9,19H,1-2H3,(H,17,20). The first kappa shape index (κ1) is 14.6. The van der Waals surface area contributed by atoms with E-state index in [0.717, 1.165) is 5.56 Å². The number of rotatable bonds is 3.